The number of aryl methyl sites for hydroxylation is 1. The van der Waals surface area contributed by atoms with Gasteiger partial charge >= 0.3 is 0 Å². The predicted octanol–water partition coefficient (Wildman–Crippen LogP) is 4.48. The summed E-state index contributed by atoms with van der Waals surface area (Å²) in [5.41, 5.74) is 2.33. The van der Waals surface area contributed by atoms with Crippen molar-refractivity contribution >= 4 is 47.2 Å². The zero-order valence-corrected chi connectivity index (χ0v) is 21.3. The molecule has 1 amide bonds. The first-order chi connectivity index (χ1) is 14.0. The van der Waals surface area contributed by atoms with Gasteiger partial charge in [0, 0.05) is 48.3 Å². The second-order valence-electron chi connectivity index (χ2n) is 7.70. The van der Waals surface area contributed by atoms with Crippen molar-refractivity contribution in [3.8, 4) is 0 Å². The first-order valence-corrected chi connectivity index (χ1v) is 11.3. The molecule has 2 aromatic rings. The molecule has 0 radical (unpaired) electrons. The molecule has 3 rings (SSSR count). The summed E-state index contributed by atoms with van der Waals surface area (Å²) >= 11 is 1.85. The van der Waals surface area contributed by atoms with Gasteiger partial charge in [0.2, 0.25) is 5.91 Å². The summed E-state index contributed by atoms with van der Waals surface area (Å²) < 4.78 is 0. The Labute approximate surface area is 201 Å². The van der Waals surface area contributed by atoms with Crippen LogP contribution in [0.5, 0.6) is 0 Å². The number of carbonyl (C=O) groups excluding carboxylic acids is 1. The van der Waals surface area contributed by atoms with Crippen molar-refractivity contribution in [1.82, 2.24) is 15.5 Å². The van der Waals surface area contributed by atoms with E-state index in [1.165, 1.54) is 15.3 Å². The Morgan fingerprint density at radius 1 is 1.27 bits per heavy atom. The third kappa shape index (κ3) is 7.58. The molecular weight excluding hydrogens is 507 g/mol. The molecule has 1 aromatic heterocycles. The first kappa shape index (κ1) is 24.7. The molecule has 1 aromatic carbocycles. The fourth-order valence-corrected chi connectivity index (χ4v) is 4.61. The monoisotopic (exact) mass is 540 g/mol. The standard InChI is InChI=1S/C23H32N4OS.HI/c1-4-24-23(26-17(2)13-21-11-10-18(3)29-21)25-15-19-7-5-8-20(14-19)16-27-12-6-9-22(27)28;/h5,7-8,10-11,14,17H,4,6,9,12-13,15-16H2,1-3H3,(H2,24,25,26);1H. The van der Waals surface area contributed by atoms with E-state index in [4.69, 9.17) is 4.99 Å². The van der Waals surface area contributed by atoms with E-state index in [1.807, 2.05) is 16.2 Å². The number of rotatable bonds is 8. The number of hydrogen-bond acceptors (Lipinski definition) is 3. The topological polar surface area (TPSA) is 56.7 Å². The van der Waals surface area contributed by atoms with E-state index >= 15 is 0 Å². The molecule has 1 aliphatic heterocycles. The van der Waals surface area contributed by atoms with E-state index < -0.39 is 0 Å². The minimum absolute atomic E-state index is 0. The molecule has 1 saturated heterocycles. The van der Waals surface area contributed by atoms with Gasteiger partial charge in [-0.3, -0.25) is 4.79 Å². The molecule has 0 saturated carbocycles. The number of nitrogens with one attached hydrogen (secondary N) is 2. The molecule has 2 heterocycles. The van der Waals surface area contributed by atoms with Crippen LogP contribution in [0.3, 0.4) is 0 Å². The minimum Gasteiger partial charge on any atom is -0.357 e. The van der Waals surface area contributed by atoms with Crippen molar-refractivity contribution in [2.24, 2.45) is 4.99 Å². The Balaban J connectivity index is 0.00000320. The lowest BCUT2D eigenvalue weighted by molar-refractivity contribution is -0.128. The van der Waals surface area contributed by atoms with Crippen molar-refractivity contribution in [1.29, 1.82) is 0 Å². The Hall–Kier alpha value is -1.61. The van der Waals surface area contributed by atoms with E-state index in [9.17, 15) is 4.79 Å². The number of guanidine groups is 1. The van der Waals surface area contributed by atoms with E-state index in [-0.39, 0.29) is 29.9 Å². The van der Waals surface area contributed by atoms with Crippen LogP contribution in [0.25, 0.3) is 0 Å². The summed E-state index contributed by atoms with van der Waals surface area (Å²) in [6.07, 6.45) is 2.65. The summed E-state index contributed by atoms with van der Waals surface area (Å²) in [4.78, 5) is 21.3. The highest BCUT2D eigenvalue weighted by molar-refractivity contribution is 14.0. The number of benzene rings is 1. The van der Waals surface area contributed by atoms with E-state index in [0.29, 0.717) is 25.6 Å². The van der Waals surface area contributed by atoms with Crippen LogP contribution in [-0.4, -0.2) is 35.9 Å². The van der Waals surface area contributed by atoms with Crippen molar-refractivity contribution in [3.05, 3.63) is 57.3 Å². The number of thiophene rings is 1. The molecule has 0 spiro atoms. The van der Waals surface area contributed by atoms with E-state index in [0.717, 1.165) is 37.5 Å². The fraction of sp³-hybridized carbons (Fsp3) is 0.478. The Morgan fingerprint density at radius 3 is 2.73 bits per heavy atom. The molecule has 2 N–H and O–H groups in total. The number of likely N-dealkylation sites (tertiary alicyclic amines) is 1. The molecule has 0 aliphatic carbocycles. The normalized spacial score (nSPS) is 15.1. The summed E-state index contributed by atoms with van der Waals surface area (Å²) in [5, 5.41) is 6.86. The Morgan fingerprint density at radius 2 is 2.07 bits per heavy atom. The van der Waals surface area contributed by atoms with Crippen LogP contribution < -0.4 is 10.6 Å². The minimum atomic E-state index is 0. The van der Waals surface area contributed by atoms with Gasteiger partial charge in [-0.2, -0.15) is 0 Å². The third-order valence-electron chi connectivity index (χ3n) is 4.99. The molecule has 5 nitrogen and oxygen atoms in total. The Bertz CT molecular complexity index is 851. The Kier molecular flexibility index (Phi) is 10.1. The van der Waals surface area contributed by atoms with E-state index in [2.05, 4.69) is 67.8 Å². The average molecular weight is 541 g/mol. The molecule has 1 unspecified atom stereocenters. The SMILES string of the molecule is CCNC(=NCc1cccc(CN2CCCC2=O)c1)NC(C)Cc1ccc(C)s1.I. The zero-order valence-electron chi connectivity index (χ0n) is 18.1. The van der Waals surface area contributed by atoms with Crippen LogP contribution in [0.15, 0.2) is 41.4 Å². The van der Waals surface area contributed by atoms with Gasteiger partial charge in [-0.15, -0.1) is 35.3 Å². The van der Waals surface area contributed by atoms with Gasteiger partial charge in [-0.05, 0) is 50.5 Å². The second kappa shape index (κ2) is 12.3. The van der Waals surface area contributed by atoms with Gasteiger partial charge in [-0.25, -0.2) is 4.99 Å². The summed E-state index contributed by atoms with van der Waals surface area (Å²) in [6, 6.07) is 13.1. The first-order valence-electron chi connectivity index (χ1n) is 10.5. The van der Waals surface area contributed by atoms with Crippen LogP contribution in [0.4, 0.5) is 0 Å². The maximum Gasteiger partial charge on any atom is 0.222 e. The highest BCUT2D eigenvalue weighted by Crippen LogP contribution is 2.17. The zero-order chi connectivity index (χ0) is 20.6. The molecule has 164 valence electrons. The lowest BCUT2D eigenvalue weighted by Gasteiger charge is -2.18. The number of amides is 1. The second-order valence-corrected chi connectivity index (χ2v) is 9.07. The average Bonchev–Trinajstić information content (AvgIpc) is 3.28. The highest BCUT2D eigenvalue weighted by Gasteiger charge is 2.19. The van der Waals surface area contributed by atoms with Gasteiger partial charge in [0.05, 0.1) is 6.54 Å². The number of carbonyl (C=O) groups is 1. The molecule has 1 aliphatic rings. The van der Waals surface area contributed by atoms with Crippen LogP contribution in [-0.2, 0) is 24.3 Å². The molecular formula is C23H33IN4OS. The quantitative estimate of drug-likeness (QED) is 0.295. The van der Waals surface area contributed by atoms with Crippen molar-refractivity contribution in [2.45, 2.75) is 59.2 Å². The molecule has 1 fully saturated rings. The largest absolute Gasteiger partial charge is 0.357 e. The third-order valence-corrected chi connectivity index (χ3v) is 6.01. The summed E-state index contributed by atoms with van der Waals surface area (Å²) in [6.45, 7) is 9.43. The maximum atomic E-state index is 11.9. The lowest BCUT2D eigenvalue weighted by atomic mass is 10.1. The van der Waals surface area contributed by atoms with Gasteiger partial charge in [-0.1, -0.05) is 24.3 Å². The lowest BCUT2D eigenvalue weighted by Crippen LogP contribution is -2.43. The smallest absolute Gasteiger partial charge is 0.222 e. The summed E-state index contributed by atoms with van der Waals surface area (Å²) in [7, 11) is 0. The molecule has 7 heteroatoms. The molecule has 30 heavy (non-hydrogen) atoms. The fourth-order valence-electron chi connectivity index (χ4n) is 3.59. The number of halogens is 1. The van der Waals surface area contributed by atoms with Crippen LogP contribution in [0.1, 0.15) is 47.6 Å². The number of aliphatic imine (C=N–C) groups is 1. The number of hydrogen-bond donors (Lipinski definition) is 2. The van der Waals surface area contributed by atoms with Gasteiger partial charge in [0.15, 0.2) is 5.96 Å². The van der Waals surface area contributed by atoms with Crippen molar-refractivity contribution in [3.63, 3.8) is 0 Å². The van der Waals surface area contributed by atoms with Crippen molar-refractivity contribution in [2.75, 3.05) is 13.1 Å². The van der Waals surface area contributed by atoms with Crippen LogP contribution in [0.2, 0.25) is 0 Å². The molecule has 1 atom stereocenters. The number of nitrogens with zero attached hydrogens (tertiary/aromatic N) is 2. The van der Waals surface area contributed by atoms with Crippen molar-refractivity contribution < 1.29 is 4.79 Å². The van der Waals surface area contributed by atoms with Crippen LogP contribution >= 0.6 is 35.3 Å². The van der Waals surface area contributed by atoms with E-state index in [1.54, 1.807) is 0 Å². The van der Waals surface area contributed by atoms with Gasteiger partial charge < -0.3 is 15.5 Å². The maximum absolute atomic E-state index is 11.9. The highest BCUT2D eigenvalue weighted by atomic mass is 127. The summed E-state index contributed by atoms with van der Waals surface area (Å²) in [5.74, 6) is 1.11. The predicted molar refractivity (Wildman–Crippen MR) is 137 cm³/mol. The molecule has 0 bridgehead atoms. The van der Waals surface area contributed by atoms with Crippen LogP contribution in [0, 0.1) is 6.92 Å². The van der Waals surface area contributed by atoms with Gasteiger partial charge in [0.25, 0.3) is 0 Å². The van der Waals surface area contributed by atoms with Gasteiger partial charge in [0.1, 0.15) is 0 Å².